The van der Waals surface area contributed by atoms with E-state index in [-0.39, 0.29) is 11.8 Å². The minimum atomic E-state index is -0.295. The van der Waals surface area contributed by atoms with E-state index < -0.39 is 0 Å². The standard InChI is InChI=1S/C18H18N6O2S/c1-12-2-4-13(5-3-12)16(25)20-9-8-19-15-7-6-14(10-21-15)17(26)23-18-24-22-11-27-18/h2-7,10-11H,8-9H2,1H3,(H,19,21)(H,20,25)(H,23,24,26). The molecule has 0 radical (unpaired) electrons. The van der Waals surface area contributed by atoms with E-state index in [1.165, 1.54) is 17.5 Å². The van der Waals surface area contributed by atoms with Crippen molar-refractivity contribution in [3.8, 4) is 0 Å². The molecule has 9 heteroatoms. The van der Waals surface area contributed by atoms with Crippen molar-refractivity contribution < 1.29 is 9.59 Å². The Morgan fingerprint density at radius 1 is 1.00 bits per heavy atom. The molecule has 0 aliphatic carbocycles. The molecule has 138 valence electrons. The van der Waals surface area contributed by atoms with E-state index >= 15 is 0 Å². The van der Waals surface area contributed by atoms with Gasteiger partial charge in [-0.05, 0) is 31.2 Å². The second-order valence-electron chi connectivity index (χ2n) is 5.68. The van der Waals surface area contributed by atoms with Gasteiger partial charge in [-0.15, -0.1) is 10.2 Å². The first-order valence-corrected chi connectivity index (χ1v) is 9.12. The largest absolute Gasteiger partial charge is 0.368 e. The van der Waals surface area contributed by atoms with E-state index in [0.29, 0.717) is 35.2 Å². The van der Waals surface area contributed by atoms with Crippen LogP contribution in [0.25, 0.3) is 0 Å². The van der Waals surface area contributed by atoms with E-state index in [1.807, 2.05) is 19.1 Å². The molecule has 0 spiro atoms. The smallest absolute Gasteiger partial charge is 0.259 e. The van der Waals surface area contributed by atoms with Crippen molar-refractivity contribution in [2.75, 3.05) is 23.7 Å². The molecule has 0 fully saturated rings. The molecule has 0 bridgehead atoms. The van der Waals surface area contributed by atoms with Gasteiger partial charge in [0, 0.05) is 24.8 Å². The summed E-state index contributed by atoms with van der Waals surface area (Å²) in [5.74, 6) is 0.205. The molecular formula is C18H18N6O2S. The second kappa shape index (κ2) is 8.86. The van der Waals surface area contributed by atoms with Crippen molar-refractivity contribution in [1.82, 2.24) is 20.5 Å². The van der Waals surface area contributed by atoms with Crippen molar-refractivity contribution in [2.24, 2.45) is 0 Å². The first kappa shape index (κ1) is 18.5. The Balaban J connectivity index is 1.42. The quantitative estimate of drug-likeness (QED) is 0.541. The fraction of sp³-hybridized carbons (Fsp3) is 0.167. The van der Waals surface area contributed by atoms with Crippen LogP contribution in [0.3, 0.4) is 0 Å². The highest BCUT2D eigenvalue weighted by molar-refractivity contribution is 7.13. The van der Waals surface area contributed by atoms with Gasteiger partial charge in [0.2, 0.25) is 5.13 Å². The van der Waals surface area contributed by atoms with Gasteiger partial charge < -0.3 is 10.6 Å². The number of benzene rings is 1. The van der Waals surface area contributed by atoms with Crippen LogP contribution < -0.4 is 16.0 Å². The molecule has 3 N–H and O–H groups in total. The Morgan fingerprint density at radius 3 is 2.44 bits per heavy atom. The monoisotopic (exact) mass is 382 g/mol. The zero-order chi connectivity index (χ0) is 19.1. The number of hydrogen-bond donors (Lipinski definition) is 3. The number of carbonyl (C=O) groups is 2. The van der Waals surface area contributed by atoms with E-state index in [2.05, 4.69) is 31.1 Å². The first-order valence-electron chi connectivity index (χ1n) is 8.24. The summed E-state index contributed by atoms with van der Waals surface area (Å²) < 4.78 is 0. The number of nitrogens with zero attached hydrogens (tertiary/aromatic N) is 3. The fourth-order valence-electron chi connectivity index (χ4n) is 2.20. The van der Waals surface area contributed by atoms with Crippen molar-refractivity contribution in [3.05, 3.63) is 64.8 Å². The SMILES string of the molecule is Cc1ccc(C(=O)NCCNc2ccc(C(=O)Nc3nncs3)cn2)cc1. The molecule has 2 amide bonds. The number of nitrogens with one attached hydrogen (secondary N) is 3. The molecule has 2 aromatic heterocycles. The van der Waals surface area contributed by atoms with Crippen molar-refractivity contribution in [2.45, 2.75) is 6.92 Å². The summed E-state index contributed by atoms with van der Waals surface area (Å²) in [4.78, 5) is 28.2. The second-order valence-corrected chi connectivity index (χ2v) is 6.51. The molecular weight excluding hydrogens is 364 g/mol. The van der Waals surface area contributed by atoms with Crippen LogP contribution in [-0.2, 0) is 0 Å². The average molecular weight is 382 g/mol. The molecule has 0 aliphatic rings. The first-order chi connectivity index (χ1) is 13.1. The summed E-state index contributed by atoms with van der Waals surface area (Å²) in [5, 5.41) is 16.4. The van der Waals surface area contributed by atoms with E-state index in [1.54, 1.807) is 29.8 Å². The van der Waals surface area contributed by atoms with Gasteiger partial charge in [0.05, 0.1) is 5.56 Å². The number of hydrogen-bond acceptors (Lipinski definition) is 7. The third kappa shape index (κ3) is 5.32. The van der Waals surface area contributed by atoms with Crippen molar-refractivity contribution in [3.63, 3.8) is 0 Å². The number of rotatable bonds is 7. The van der Waals surface area contributed by atoms with Gasteiger partial charge in [-0.2, -0.15) is 0 Å². The van der Waals surface area contributed by atoms with Gasteiger partial charge in [-0.25, -0.2) is 4.98 Å². The summed E-state index contributed by atoms with van der Waals surface area (Å²) in [6.07, 6.45) is 1.48. The lowest BCUT2D eigenvalue weighted by atomic mass is 10.1. The zero-order valence-electron chi connectivity index (χ0n) is 14.6. The fourth-order valence-corrected chi connectivity index (χ4v) is 2.64. The molecule has 0 aliphatic heterocycles. The van der Waals surface area contributed by atoms with Crippen LogP contribution in [0.5, 0.6) is 0 Å². The third-order valence-corrected chi connectivity index (χ3v) is 4.24. The number of carbonyl (C=O) groups excluding carboxylic acids is 2. The summed E-state index contributed by atoms with van der Waals surface area (Å²) in [7, 11) is 0. The minimum Gasteiger partial charge on any atom is -0.368 e. The number of amides is 2. The molecule has 2 heterocycles. The highest BCUT2D eigenvalue weighted by Crippen LogP contribution is 2.11. The molecule has 0 saturated carbocycles. The lowest BCUT2D eigenvalue weighted by Crippen LogP contribution is -2.28. The zero-order valence-corrected chi connectivity index (χ0v) is 15.4. The number of anilines is 2. The van der Waals surface area contributed by atoms with Gasteiger partial charge >= 0.3 is 0 Å². The van der Waals surface area contributed by atoms with Crippen LogP contribution in [-0.4, -0.2) is 40.1 Å². The Labute approximate surface area is 160 Å². The highest BCUT2D eigenvalue weighted by atomic mass is 32.1. The maximum Gasteiger partial charge on any atom is 0.259 e. The summed E-state index contributed by atoms with van der Waals surface area (Å²) >= 11 is 1.24. The molecule has 3 aromatic rings. The predicted octanol–water partition coefficient (Wildman–Crippen LogP) is 2.34. The molecule has 0 atom stereocenters. The maximum absolute atomic E-state index is 12.0. The number of aryl methyl sites for hydroxylation is 1. The lowest BCUT2D eigenvalue weighted by Gasteiger charge is -2.08. The Hall–Kier alpha value is -3.33. The Bertz CT molecular complexity index is 895. The van der Waals surface area contributed by atoms with Gasteiger partial charge in [0.25, 0.3) is 11.8 Å². The maximum atomic E-state index is 12.0. The van der Waals surface area contributed by atoms with Gasteiger partial charge in [0.15, 0.2) is 0 Å². The Morgan fingerprint density at radius 2 is 1.78 bits per heavy atom. The van der Waals surface area contributed by atoms with Gasteiger partial charge in [-0.1, -0.05) is 29.0 Å². The summed E-state index contributed by atoms with van der Waals surface area (Å²) in [5.41, 5.74) is 3.70. The normalized spacial score (nSPS) is 10.3. The van der Waals surface area contributed by atoms with Crippen LogP contribution >= 0.6 is 11.3 Å². The predicted molar refractivity (Wildman–Crippen MR) is 104 cm³/mol. The lowest BCUT2D eigenvalue weighted by molar-refractivity contribution is 0.0954. The van der Waals surface area contributed by atoms with E-state index in [9.17, 15) is 9.59 Å². The van der Waals surface area contributed by atoms with Gasteiger partial charge in [0.1, 0.15) is 11.3 Å². The minimum absolute atomic E-state index is 0.117. The van der Waals surface area contributed by atoms with Gasteiger partial charge in [-0.3, -0.25) is 14.9 Å². The topological polar surface area (TPSA) is 109 Å². The van der Waals surface area contributed by atoms with Crippen LogP contribution in [0.15, 0.2) is 48.1 Å². The van der Waals surface area contributed by atoms with E-state index in [0.717, 1.165) is 5.56 Å². The molecule has 8 nitrogen and oxygen atoms in total. The molecule has 3 rings (SSSR count). The number of pyridine rings is 1. The molecule has 0 unspecified atom stereocenters. The van der Waals surface area contributed by atoms with Crippen molar-refractivity contribution >= 4 is 34.1 Å². The Kier molecular flexibility index (Phi) is 6.06. The summed E-state index contributed by atoms with van der Waals surface area (Å²) in [6, 6.07) is 10.8. The third-order valence-electron chi connectivity index (χ3n) is 3.64. The van der Waals surface area contributed by atoms with Crippen LogP contribution in [0.4, 0.5) is 10.9 Å². The van der Waals surface area contributed by atoms with Crippen molar-refractivity contribution in [1.29, 1.82) is 0 Å². The molecule has 0 saturated heterocycles. The highest BCUT2D eigenvalue weighted by Gasteiger charge is 2.08. The van der Waals surface area contributed by atoms with E-state index in [4.69, 9.17) is 0 Å². The van der Waals surface area contributed by atoms with Crippen LogP contribution in [0.1, 0.15) is 26.3 Å². The van der Waals surface area contributed by atoms with Crippen LogP contribution in [0.2, 0.25) is 0 Å². The summed E-state index contributed by atoms with van der Waals surface area (Å²) in [6.45, 7) is 2.94. The number of aromatic nitrogens is 3. The van der Waals surface area contributed by atoms with Crippen LogP contribution in [0, 0.1) is 6.92 Å². The average Bonchev–Trinajstić information content (AvgIpc) is 3.19. The molecule has 1 aromatic carbocycles. The molecule has 27 heavy (non-hydrogen) atoms.